The molecule has 108 heavy (non-hydrogen) atoms. The summed E-state index contributed by atoms with van der Waals surface area (Å²) >= 11 is 0. The maximum absolute atomic E-state index is 2.74. The van der Waals surface area contributed by atoms with Crippen LogP contribution < -0.4 is 26.2 Å². The summed E-state index contributed by atoms with van der Waals surface area (Å²) in [6.45, 7) is 63.4. The van der Waals surface area contributed by atoms with Crippen molar-refractivity contribution in [3.05, 3.63) is 256 Å². The van der Waals surface area contributed by atoms with E-state index in [2.05, 4.69) is 412 Å². The monoisotopic (exact) mass is 1420 g/mol. The molecule has 15 rings (SSSR count). The highest BCUT2D eigenvalue weighted by atomic mass is 15.2. The van der Waals surface area contributed by atoms with Gasteiger partial charge in [0, 0.05) is 66.8 Å². The van der Waals surface area contributed by atoms with E-state index in [-0.39, 0.29) is 55.4 Å². The number of benzene rings is 11. The van der Waals surface area contributed by atoms with Crippen molar-refractivity contribution in [2.24, 2.45) is 5.41 Å². The molecule has 4 heterocycles. The quantitative estimate of drug-likeness (QED) is 0.148. The van der Waals surface area contributed by atoms with Crippen molar-refractivity contribution in [2.75, 3.05) is 9.80 Å². The van der Waals surface area contributed by atoms with E-state index in [1.165, 1.54) is 155 Å². The first-order valence-corrected chi connectivity index (χ1v) is 40.0. The molecule has 0 amide bonds. The van der Waals surface area contributed by atoms with Crippen molar-refractivity contribution in [1.82, 2.24) is 9.13 Å². The first-order valence-electron chi connectivity index (χ1n) is 40.0. The molecule has 2 aliphatic heterocycles. The summed E-state index contributed by atoms with van der Waals surface area (Å²) in [5, 5.41) is 5.12. The van der Waals surface area contributed by atoms with E-state index in [0.29, 0.717) is 0 Å². The van der Waals surface area contributed by atoms with Gasteiger partial charge in [0.1, 0.15) is 0 Å². The third kappa shape index (κ3) is 13.1. The highest BCUT2D eigenvalue weighted by Crippen LogP contribution is 2.53. The molecule has 0 saturated heterocycles. The van der Waals surface area contributed by atoms with Gasteiger partial charge in [0.15, 0.2) is 0 Å². The van der Waals surface area contributed by atoms with Crippen LogP contribution in [0.25, 0.3) is 77.2 Å². The molecule has 0 aliphatic carbocycles. The van der Waals surface area contributed by atoms with Crippen LogP contribution in [0.15, 0.2) is 206 Å². The van der Waals surface area contributed by atoms with Crippen LogP contribution in [-0.2, 0) is 49.7 Å². The Morgan fingerprint density at radius 3 is 0.833 bits per heavy atom. The van der Waals surface area contributed by atoms with Crippen molar-refractivity contribution in [2.45, 2.75) is 237 Å². The molecule has 5 heteroatoms. The first-order chi connectivity index (χ1) is 50.2. The minimum absolute atomic E-state index is 0.0432. The smallest absolute Gasteiger partial charge is 0.252 e. The Balaban J connectivity index is 1.11. The Hall–Kier alpha value is -9.32. The Bertz CT molecular complexity index is 5310. The summed E-state index contributed by atoms with van der Waals surface area (Å²) in [5.74, 6) is 0. The molecule has 2 aromatic heterocycles. The van der Waals surface area contributed by atoms with Crippen LogP contribution >= 0.6 is 0 Å². The Labute approximate surface area is 647 Å². The minimum atomic E-state index is -0.189. The molecule has 0 fully saturated rings. The molecule has 2 aliphatic rings. The van der Waals surface area contributed by atoms with Gasteiger partial charge in [0.05, 0.1) is 33.4 Å². The lowest BCUT2D eigenvalue weighted by molar-refractivity contribution is 0.411. The first kappa shape index (κ1) is 74.2. The number of nitrogens with zero attached hydrogens (tertiary/aromatic N) is 4. The summed E-state index contributed by atoms with van der Waals surface area (Å²) in [4.78, 5) is 5.47. The predicted molar refractivity (Wildman–Crippen MR) is 473 cm³/mol. The van der Waals surface area contributed by atoms with E-state index < -0.39 is 0 Å². The lowest BCUT2D eigenvalue weighted by Crippen LogP contribution is -2.61. The fraction of sp³-hybridized carbons (Fsp3) is 0.359. The van der Waals surface area contributed by atoms with Crippen LogP contribution in [0.3, 0.4) is 0 Å². The van der Waals surface area contributed by atoms with Crippen molar-refractivity contribution in [3.63, 3.8) is 0 Å². The molecule has 552 valence electrons. The van der Waals surface area contributed by atoms with Gasteiger partial charge in [-0.2, -0.15) is 0 Å². The molecule has 0 saturated carbocycles. The zero-order valence-corrected chi connectivity index (χ0v) is 70.2. The average molecular weight is 1420 g/mol. The number of fused-ring (bicyclic) bond motifs is 10. The number of hydrogen-bond acceptors (Lipinski definition) is 2. The molecule has 0 radical (unpaired) electrons. The van der Waals surface area contributed by atoms with Gasteiger partial charge in [-0.25, -0.2) is 0 Å². The van der Waals surface area contributed by atoms with Gasteiger partial charge < -0.3 is 18.9 Å². The summed E-state index contributed by atoms with van der Waals surface area (Å²) < 4.78 is 5.16. The number of aromatic nitrogens is 2. The van der Waals surface area contributed by atoms with Gasteiger partial charge in [-0.05, 0) is 242 Å². The number of hydrogen-bond donors (Lipinski definition) is 0. The summed E-state index contributed by atoms with van der Waals surface area (Å²) in [5.41, 5.74) is 34.1. The predicted octanol–water partition coefficient (Wildman–Crippen LogP) is 27.3. The van der Waals surface area contributed by atoms with Crippen molar-refractivity contribution >= 4 is 101 Å². The van der Waals surface area contributed by atoms with E-state index in [4.69, 9.17) is 0 Å². The van der Waals surface area contributed by atoms with Crippen LogP contribution in [0.5, 0.6) is 0 Å². The molecule has 4 nitrogen and oxygen atoms in total. The molecule has 11 aromatic carbocycles. The van der Waals surface area contributed by atoms with Gasteiger partial charge in [-0.1, -0.05) is 284 Å². The van der Waals surface area contributed by atoms with Gasteiger partial charge in [0.2, 0.25) is 0 Å². The summed E-state index contributed by atoms with van der Waals surface area (Å²) in [7, 11) is 0. The van der Waals surface area contributed by atoms with Crippen LogP contribution in [0.1, 0.15) is 237 Å². The van der Waals surface area contributed by atoms with E-state index >= 15 is 0 Å². The van der Waals surface area contributed by atoms with Crippen molar-refractivity contribution in [3.8, 4) is 33.6 Å². The van der Waals surface area contributed by atoms with Crippen molar-refractivity contribution < 1.29 is 0 Å². The number of rotatable bonds is 7. The van der Waals surface area contributed by atoms with E-state index in [0.717, 1.165) is 29.2 Å². The third-order valence-electron chi connectivity index (χ3n) is 23.6. The molecular formula is C103H117BN4. The second kappa shape index (κ2) is 25.1. The van der Waals surface area contributed by atoms with Crippen LogP contribution in [0, 0.1) is 5.41 Å². The zero-order valence-electron chi connectivity index (χ0n) is 70.2. The Kier molecular flexibility index (Phi) is 17.2. The normalized spacial score (nSPS) is 14.0. The molecule has 0 atom stereocenters. The van der Waals surface area contributed by atoms with Crippen molar-refractivity contribution in [1.29, 1.82) is 0 Å². The second-order valence-electron chi connectivity index (χ2n) is 41.6. The van der Waals surface area contributed by atoms with E-state index in [9.17, 15) is 0 Å². The highest BCUT2D eigenvalue weighted by molar-refractivity contribution is 7.00. The average Bonchev–Trinajstić information content (AvgIpc) is 0.715. The fourth-order valence-electron chi connectivity index (χ4n) is 17.2. The topological polar surface area (TPSA) is 16.3 Å². The molecule has 0 N–H and O–H groups in total. The molecule has 0 bridgehead atoms. The highest BCUT2D eigenvalue weighted by Gasteiger charge is 2.46. The maximum Gasteiger partial charge on any atom is 0.252 e. The molecular weight excluding hydrogens is 1300 g/mol. The van der Waals surface area contributed by atoms with Crippen LogP contribution in [0.2, 0.25) is 0 Å². The molecule has 0 unspecified atom stereocenters. The molecule has 0 spiro atoms. The van der Waals surface area contributed by atoms with Crippen LogP contribution in [-0.4, -0.2) is 15.8 Å². The second-order valence-corrected chi connectivity index (χ2v) is 41.6. The van der Waals surface area contributed by atoms with E-state index in [1.54, 1.807) is 0 Å². The SMILES string of the molecule is CC(C)(C)Cc1cc2c3c(c1)N(c1ccc(C(C)(C)C)cc1-c1cccc(C(C)(C)C)c1)c1cc(-n4c5ccc(C(C)(C)C)cc5c5cc(C(C)(C)C)ccc54)ccc1B3c1ccc(-n3c4ccc(C(C)(C)C)cc4c4cc(C(C)(C)C)ccc43)cc1N2c1ccc(C(C)(C)C)cc1-c1cccc(C(C)(C)C)c1. The summed E-state index contributed by atoms with van der Waals surface area (Å²) in [6.07, 6.45) is 0.856. The maximum atomic E-state index is 2.74. The largest absolute Gasteiger partial charge is 0.311 e. The molecule has 13 aromatic rings. The van der Waals surface area contributed by atoms with Gasteiger partial charge >= 0.3 is 0 Å². The van der Waals surface area contributed by atoms with E-state index in [1.807, 2.05) is 0 Å². The van der Waals surface area contributed by atoms with Gasteiger partial charge in [-0.15, -0.1) is 0 Å². The Morgan fingerprint density at radius 1 is 0.250 bits per heavy atom. The standard InChI is InChI=1S/C103H117BN4/c1-95(2,3)62-63-50-92-94-93(51-63)108(85-45-35-69(99(13,14)15)55-77(85)65-31-29-33-67(53-65)97(7,8)9)91-61-75(106-88-48-38-72(102(22,23)24)58-80(88)81-59-73(103(25,26)27)39-49-89(81)106)41-43-83(91)104(94)82-42-40-74(105-86-46-36-70(100(16,17)18)56-78(86)79-57-71(101(19,20)21)37-47-87(79)105)60-90(82)107(92)84-44-34-68(98(10,11)12)54-76(84)64-30-28-32-66(52-64)96(4,5)6/h28-61H,62H2,1-27H3. The van der Waals surface area contributed by atoms with Gasteiger partial charge in [0.25, 0.3) is 6.71 Å². The third-order valence-corrected chi connectivity index (χ3v) is 23.6. The lowest BCUT2D eigenvalue weighted by Gasteiger charge is -2.45. The zero-order chi connectivity index (χ0) is 77.6. The van der Waals surface area contributed by atoms with Gasteiger partial charge in [-0.3, -0.25) is 0 Å². The minimum Gasteiger partial charge on any atom is -0.311 e. The lowest BCUT2D eigenvalue weighted by atomic mass is 9.33. The fourth-order valence-corrected chi connectivity index (χ4v) is 17.2. The summed E-state index contributed by atoms with van der Waals surface area (Å²) in [6, 6.07) is 83.3. The Morgan fingerprint density at radius 2 is 0.537 bits per heavy atom. The van der Waals surface area contributed by atoms with Crippen LogP contribution in [0.4, 0.5) is 34.1 Å². The number of anilines is 6.